The van der Waals surface area contributed by atoms with Crippen LogP contribution in [0.5, 0.6) is 5.75 Å². The molecule has 126 valence electrons. The average Bonchev–Trinajstić information content (AvgIpc) is 3.02. The quantitative estimate of drug-likeness (QED) is 0.522. The average molecular weight is 330 g/mol. The van der Waals surface area contributed by atoms with Crippen molar-refractivity contribution in [3.8, 4) is 28.0 Å². The Morgan fingerprint density at radius 2 is 1.72 bits per heavy atom. The highest BCUT2D eigenvalue weighted by atomic mass is 16.5. The third-order valence-corrected chi connectivity index (χ3v) is 4.90. The molecule has 2 heteroatoms. The van der Waals surface area contributed by atoms with Gasteiger partial charge in [0.05, 0.1) is 6.61 Å². The lowest BCUT2D eigenvalue weighted by molar-refractivity contribution is 0.233. The van der Waals surface area contributed by atoms with Crippen molar-refractivity contribution in [1.82, 2.24) is 0 Å². The van der Waals surface area contributed by atoms with Crippen LogP contribution in [-0.2, 0) is 6.42 Å². The summed E-state index contributed by atoms with van der Waals surface area (Å²) < 4.78 is 5.75. The molecule has 2 nitrogen and oxygen atoms in total. The van der Waals surface area contributed by atoms with E-state index in [-0.39, 0.29) is 6.61 Å². The second-order valence-electron chi connectivity index (χ2n) is 6.57. The van der Waals surface area contributed by atoms with Gasteiger partial charge in [-0.3, -0.25) is 0 Å². The van der Waals surface area contributed by atoms with Crippen molar-refractivity contribution < 1.29 is 9.84 Å². The SMILES string of the molecule is Cc1cc(-c2cccc3c2Cc2ccccc2-3)ccc1OCCCO. The molecular formula is C23H22O2. The monoisotopic (exact) mass is 330 g/mol. The van der Waals surface area contributed by atoms with Crippen molar-refractivity contribution in [1.29, 1.82) is 0 Å². The van der Waals surface area contributed by atoms with Crippen molar-refractivity contribution in [2.75, 3.05) is 13.2 Å². The van der Waals surface area contributed by atoms with Crippen molar-refractivity contribution in [2.45, 2.75) is 19.8 Å². The fourth-order valence-electron chi connectivity index (χ4n) is 3.65. The van der Waals surface area contributed by atoms with Gasteiger partial charge >= 0.3 is 0 Å². The van der Waals surface area contributed by atoms with E-state index < -0.39 is 0 Å². The first-order valence-electron chi connectivity index (χ1n) is 8.83. The van der Waals surface area contributed by atoms with Crippen LogP contribution in [0.25, 0.3) is 22.3 Å². The van der Waals surface area contributed by atoms with Gasteiger partial charge in [-0.2, -0.15) is 0 Å². The molecule has 3 aromatic carbocycles. The van der Waals surface area contributed by atoms with Crippen molar-refractivity contribution in [3.05, 3.63) is 77.4 Å². The number of aryl methyl sites for hydroxylation is 1. The third-order valence-electron chi connectivity index (χ3n) is 4.90. The summed E-state index contributed by atoms with van der Waals surface area (Å²) in [5.74, 6) is 0.896. The normalized spacial score (nSPS) is 11.9. The van der Waals surface area contributed by atoms with Gasteiger partial charge < -0.3 is 9.84 Å². The van der Waals surface area contributed by atoms with E-state index in [4.69, 9.17) is 9.84 Å². The molecule has 0 bridgehead atoms. The first-order chi connectivity index (χ1) is 12.3. The molecule has 0 fully saturated rings. The van der Waals surface area contributed by atoms with Crippen LogP contribution in [0.1, 0.15) is 23.1 Å². The van der Waals surface area contributed by atoms with Gasteiger partial charge in [-0.05, 0) is 64.4 Å². The summed E-state index contributed by atoms with van der Waals surface area (Å²) in [6.07, 6.45) is 1.65. The number of aliphatic hydroxyl groups excluding tert-OH is 1. The molecule has 1 N–H and O–H groups in total. The maximum atomic E-state index is 8.89. The van der Waals surface area contributed by atoms with Crippen LogP contribution in [0.3, 0.4) is 0 Å². The molecule has 0 aromatic heterocycles. The van der Waals surface area contributed by atoms with Crippen LogP contribution in [0.15, 0.2) is 60.7 Å². The number of benzene rings is 3. The predicted octanol–water partition coefficient (Wildman–Crippen LogP) is 4.99. The maximum absolute atomic E-state index is 8.89. The van der Waals surface area contributed by atoms with Gasteiger partial charge in [-0.15, -0.1) is 0 Å². The molecular weight excluding hydrogens is 308 g/mol. The number of ether oxygens (including phenoxy) is 1. The number of aliphatic hydroxyl groups is 1. The second kappa shape index (κ2) is 6.73. The molecule has 4 rings (SSSR count). The van der Waals surface area contributed by atoms with Gasteiger partial charge in [0.15, 0.2) is 0 Å². The Balaban J connectivity index is 1.69. The van der Waals surface area contributed by atoms with Crippen LogP contribution in [-0.4, -0.2) is 18.3 Å². The molecule has 0 spiro atoms. The lowest BCUT2D eigenvalue weighted by Crippen LogP contribution is -2.01. The summed E-state index contributed by atoms with van der Waals surface area (Å²) in [5, 5.41) is 8.89. The molecule has 0 saturated carbocycles. The molecule has 0 radical (unpaired) electrons. The Hall–Kier alpha value is -2.58. The summed E-state index contributed by atoms with van der Waals surface area (Å²) in [5.41, 5.74) is 9.20. The van der Waals surface area contributed by atoms with E-state index in [9.17, 15) is 0 Å². The summed E-state index contributed by atoms with van der Waals surface area (Å²) in [6.45, 7) is 2.79. The summed E-state index contributed by atoms with van der Waals surface area (Å²) >= 11 is 0. The largest absolute Gasteiger partial charge is 0.493 e. The van der Waals surface area contributed by atoms with Gasteiger partial charge in [-0.25, -0.2) is 0 Å². The molecule has 0 aliphatic heterocycles. The smallest absolute Gasteiger partial charge is 0.122 e. The van der Waals surface area contributed by atoms with Crippen LogP contribution >= 0.6 is 0 Å². The molecule has 0 heterocycles. The minimum Gasteiger partial charge on any atom is -0.493 e. The predicted molar refractivity (Wildman–Crippen MR) is 102 cm³/mol. The molecule has 0 amide bonds. The molecule has 0 unspecified atom stereocenters. The summed E-state index contributed by atoms with van der Waals surface area (Å²) in [4.78, 5) is 0. The zero-order valence-corrected chi connectivity index (χ0v) is 14.5. The zero-order valence-electron chi connectivity index (χ0n) is 14.5. The van der Waals surface area contributed by atoms with Crippen LogP contribution in [0, 0.1) is 6.92 Å². The molecule has 0 atom stereocenters. The van der Waals surface area contributed by atoms with Gasteiger partial charge in [0, 0.05) is 13.0 Å². The third kappa shape index (κ3) is 2.94. The Kier molecular flexibility index (Phi) is 4.29. The van der Waals surface area contributed by atoms with E-state index in [1.165, 1.54) is 33.4 Å². The minimum absolute atomic E-state index is 0.161. The molecule has 0 saturated heterocycles. The van der Waals surface area contributed by atoms with E-state index >= 15 is 0 Å². The van der Waals surface area contributed by atoms with Gasteiger partial charge in [-0.1, -0.05) is 48.5 Å². The van der Waals surface area contributed by atoms with E-state index in [0.717, 1.165) is 17.7 Å². The number of rotatable bonds is 5. The van der Waals surface area contributed by atoms with Crippen molar-refractivity contribution in [3.63, 3.8) is 0 Å². The Labute approximate surface area is 148 Å². The Morgan fingerprint density at radius 1 is 0.920 bits per heavy atom. The lowest BCUT2D eigenvalue weighted by atomic mass is 9.94. The highest BCUT2D eigenvalue weighted by Crippen LogP contribution is 2.41. The summed E-state index contributed by atoms with van der Waals surface area (Å²) in [6, 6.07) is 21.6. The van der Waals surface area contributed by atoms with Gasteiger partial charge in [0.25, 0.3) is 0 Å². The van der Waals surface area contributed by atoms with Crippen LogP contribution in [0.4, 0.5) is 0 Å². The van der Waals surface area contributed by atoms with Gasteiger partial charge in [0.2, 0.25) is 0 Å². The number of fused-ring (bicyclic) bond motifs is 3. The van der Waals surface area contributed by atoms with E-state index in [2.05, 4.69) is 61.5 Å². The topological polar surface area (TPSA) is 29.5 Å². The highest BCUT2D eigenvalue weighted by molar-refractivity contribution is 5.85. The molecule has 3 aromatic rings. The fourth-order valence-corrected chi connectivity index (χ4v) is 3.65. The fraction of sp³-hybridized carbons (Fsp3) is 0.217. The van der Waals surface area contributed by atoms with Crippen molar-refractivity contribution >= 4 is 0 Å². The van der Waals surface area contributed by atoms with Crippen LogP contribution in [0.2, 0.25) is 0 Å². The van der Waals surface area contributed by atoms with Crippen molar-refractivity contribution in [2.24, 2.45) is 0 Å². The lowest BCUT2D eigenvalue weighted by Gasteiger charge is -2.13. The number of hydrogen-bond acceptors (Lipinski definition) is 2. The highest BCUT2D eigenvalue weighted by Gasteiger charge is 2.21. The Bertz CT molecular complexity index is 912. The summed E-state index contributed by atoms with van der Waals surface area (Å²) in [7, 11) is 0. The maximum Gasteiger partial charge on any atom is 0.122 e. The Morgan fingerprint density at radius 3 is 2.56 bits per heavy atom. The first kappa shape index (κ1) is 15.9. The molecule has 1 aliphatic carbocycles. The van der Waals surface area contributed by atoms with E-state index in [1.807, 2.05) is 6.07 Å². The number of hydrogen-bond donors (Lipinski definition) is 1. The van der Waals surface area contributed by atoms with Crippen LogP contribution < -0.4 is 4.74 Å². The zero-order chi connectivity index (χ0) is 17.2. The molecule has 1 aliphatic rings. The molecule has 25 heavy (non-hydrogen) atoms. The standard InChI is InChI=1S/C23H22O2/c1-16-14-18(10-11-23(16)25-13-5-12-24)20-8-4-9-21-19-7-3-2-6-17(19)15-22(20)21/h2-4,6-11,14,24H,5,12-13,15H2,1H3. The minimum atomic E-state index is 0.161. The van der Waals surface area contributed by atoms with Gasteiger partial charge in [0.1, 0.15) is 5.75 Å². The van der Waals surface area contributed by atoms with E-state index in [0.29, 0.717) is 13.0 Å². The van der Waals surface area contributed by atoms with E-state index in [1.54, 1.807) is 0 Å². The first-order valence-corrected chi connectivity index (χ1v) is 8.83. The second-order valence-corrected chi connectivity index (χ2v) is 6.57.